The molecule has 0 unspecified atom stereocenters. The molecule has 3 aliphatic rings. The highest BCUT2D eigenvalue weighted by molar-refractivity contribution is 7.18. The Kier molecular flexibility index (Phi) is 2.96. The summed E-state index contributed by atoms with van der Waals surface area (Å²) in [6.07, 6.45) is 5.84. The highest BCUT2D eigenvalue weighted by atomic mass is 32.1. The molecule has 2 aromatic heterocycles. The number of H-pyrrole nitrogens is 1. The molecule has 126 valence electrons. The lowest BCUT2D eigenvalue weighted by Gasteiger charge is -2.31. The van der Waals surface area contributed by atoms with Crippen LogP contribution < -0.4 is 15.0 Å². The van der Waals surface area contributed by atoms with Crippen molar-refractivity contribution in [3.8, 4) is 16.2 Å². The van der Waals surface area contributed by atoms with Gasteiger partial charge in [-0.2, -0.15) is 5.10 Å². The molecule has 24 heavy (non-hydrogen) atoms. The zero-order valence-electron chi connectivity index (χ0n) is 13.0. The van der Waals surface area contributed by atoms with Crippen molar-refractivity contribution >= 4 is 22.9 Å². The summed E-state index contributed by atoms with van der Waals surface area (Å²) in [5, 5.41) is 20.1. The Morgan fingerprint density at radius 3 is 3.08 bits per heavy atom. The average Bonchev–Trinajstić information content (AvgIpc) is 3.00. The van der Waals surface area contributed by atoms with Gasteiger partial charge in [0.25, 0.3) is 5.91 Å². The lowest BCUT2D eigenvalue weighted by Crippen LogP contribution is -2.44. The number of carbonyl (C=O) groups is 1. The molecule has 1 fully saturated rings. The van der Waals surface area contributed by atoms with E-state index in [-0.39, 0.29) is 11.9 Å². The summed E-state index contributed by atoms with van der Waals surface area (Å²) in [4.78, 5) is 16.6. The van der Waals surface area contributed by atoms with Gasteiger partial charge in [-0.1, -0.05) is 0 Å². The Labute approximate surface area is 142 Å². The molecule has 1 saturated carbocycles. The number of hydrogen-bond donors (Lipinski definition) is 3. The van der Waals surface area contributed by atoms with Crippen molar-refractivity contribution < 1.29 is 14.6 Å². The van der Waals surface area contributed by atoms with Crippen LogP contribution in [0, 0.1) is 0 Å². The molecule has 5 rings (SSSR count). The SMILES string of the molecule is O=C1N[C@@H](CC2(O)CC2)CN2CCOc3c(-c4cn[nH]c4)sc1c32. The van der Waals surface area contributed by atoms with Gasteiger partial charge in [-0.05, 0) is 19.3 Å². The van der Waals surface area contributed by atoms with E-state index >= 15 is 0 Å². The maximum absolute atomic E-state index is 12.8. The zero-order valence-corrected chi connectivity index (χ0v) is 13.9. The number of amides is 1. The third kappa shape index (κ3) is 2.21. The van der Waals surface area contributed by atoms with Gasteiger partial charge < -0.3 is 20.1 Å². The van der Waals surface area contributed by atoms with E-state index in [1.807, 2.05) is 6.20 Å². The van der Waals surface area contributed by atoms with E-state index in [1.54, 1.807) is 6.20 Å². The van der Waals surface area contributed by atoms with Gasteiger partial charge in [-0.25, -0.2) is 0 Å². The maximum atomic E-state index is 12.8. The molecule has 1 atom stereocenters. The zero-order chi connectivity index (χ0) is 16.3. The molecule has 0 radical (unpaired) electrons. The molecule has 0 spiro atoms. The van der Waals surface area contributed by atoms with E-state index in [4.69, 9.17) is 4.74 Å². The van der Waals surface area contributed by atoms with Crippen LogP contribution in [0.1, 0.15) is 28.9 Å². The van der Waals surface area contributed by atoms with Crippen molar-refractivity contribution in [3.05, 3.63) is 17.3 Å². The Bertz CT molecular complexity index is 797. The van der Waals surface area contributed by atoms with Crippen LogP contribution in [0.4, 0.5) is 5.69 Å². The first-order valence-corrected chi connectivity index (χ1v) is 9.02. The van der Waals surface area contributed by atoms with Crippen molar-refractivity contribution in [2.45, 2.75) is 30.9 Å². The fourth-order valence-electron chi connectivity index (χ4n) is 3.59. The van der Waals surface area contributed by atoms with Crippen molar-refractivity contribution in [3.63, 3.8) is 0 Å². The number of carbonyl (C=O) groups excluding carboxylic acids is 1. The van der Waals surface area contributed by atoms with Crippen molar-refractivity contribution in [1.82, 2.24) is 15.5 Å². The fourth-order valence-corrected chi connectivity index (χ4v) is 4.74. The largest absolute Gasteiger partial charge is 0.488 e. The standard InChI is InChI=1S/C16H18N4O3S/c21-15-14-11-12(13(24-14)9-6-17-18-7-9)23-4-3-20(11)8-10(19-15)5-16(22)1-2-16/h6-7,10,22H,1-5,8H2,(H,17,18)(H,19,21)/t10-/m0/s1. The molecule has 2 aromatic rings. The molecular formula is C16H18N4O3S. The second-order valence-corrected chi connectivity index (χ2v) is 7.84. The number of nitrogens with zero attached hydrogens (tertiary/aromatic N) is 2. The molecule has 0 aromatic carbocycles. The first-order chi connectivity index (χ1) is 11.6. The normalized spacial score (nSPS) is 24.0. The number of aliphatic hydroxyl groups is 1. The van der Waals surface area contributed by atoms with Crippen LogP contribution in [0.5, 0.6) is 5.75 Å². The number of hydrogen-bond acceptors (Lipinski definition) is 6. The third-order valence-electron chi connectivity index (χ3n) is 4.96. The predicted octanol–water partition coefficient (Wildman–Crippen LogP) is 1.36. The van der Waals surface area contributed by atoms with Crippen LogP contribution in [0.25, 0.3) is 10.4 Å². The van der Waals surface area contributed by atoms with E-state index in [0.717, 1.165) is 41.3 Å². The van der Waals surface area contributed by atoms with Crippen molar-refractivity contribution in [2.24, 2.45) is 0 Å². The van der Waals surface area contributed by atoms with E-state index in [9.17, 15) is 9.90 Å². The van der Waals surface area contributed by atoms with E-state index < -0.39 is 5.60 Å². The number of nitrogens with one attached hydrogen (secondary N) is 2. The van der Waals surface area contributed by atoms with E-state index in [0.29, 0.717) is 24.4 Å². The summed E-state index contributed by atoms with van der Waals surface area (Å²) < 4.78 is 5.92. The van der Waals surface area contributed by atoms with Gasteiger partial charge in [-0.3, -0.25) is 9.89 Å². The average molecular weight is 346 g/mol. The van der Waals surface area contributed by atoms with Gasteiger partial charge in [0.2, 0.25) is 0 Å². The summed E-state index contributed by atoms with van der Waals surface area (Å²) in [7, 11) is 0. The highest BCUT2D eigenvalue weighted by Crippen LogP contribution is 2.50. The monoisotopic (exact) mass is 346 g/mol. The second kappa shape index (κ2) is 4.97. The van der Waals surface area contributed by atoms with Crippen molar-refractivity contribution in [1.29, 1.82) is 0 Å². The lowest BCUT2D eigenvalue weighted by molar-refractivity contribution is 0.0906. The lowest BCUT2D eigenvalue weighted by atomic mass is 10.1. The highest BCUT2D eigenvalue weighted by Gasteiger charge is 2.44. The first kappa shape index (κ1) is 14.3. The quantitative estimate of drug-likeness (QED) is 0.781. The molecule has 7 nitrogen and oxygen atoms in total. The number of ether oxygens (including phenoxy) is 1. The molecule has 1 aliphatic carbocycles. The molecule has 0 saturated heterocycles. The summed E-state index contributed by atoms with van der Waals surface area (Å²) in [6.45, 7) is 2.06. The number of anilines is 1. The van der Waals surface area contributed by atoms with Gasteiger partial charge in [0.05, 0.1) is 23.2 Å². The topological polar surface area (TPSA) is 90.5 Å². The van der Waals surface area contributed by atoms with Crippen molar-refractivity contribution in [2.75, 3.05) is 24.6 Å². The minimum Gasteiger partial charge on any atom is -0.488 e. The second-order valence-electron chi connectivity index (χ2n) is 6.82. The molecule has 1 amide bonds. The fraction of sp³-hybridized carbons (Fsp3) is 0.500. The Hall–Kier alpha value is -2.06. The molecule has 3 N–H and O–H groups in total. The van der Waals surface area contributed by atoms with Crippen LogP contribution >= 0.6 is 11.3 Å². The van der Waals surface area contributed by atoms with Crippen LogP contribution in [-0.4, -0.2) is 52.6 Å². The van der Waals surface area contributed by atoms with Crippen LogP contribution in [-0.2, 0) is 0 Å². The first-order valence-electron chi connectivity index (χ1n) is 8.20. The number of aromatic nitrogens is 2. The Morgan fingerprint density at radius 2 is 2.33 bits per heavy atom. The Balaban J connectivity index is 1.54. The number of aromatic amines is 1. The minimum atomic E-state index is -0.577. The molecule has 2 aliphatic heterocycles. The van der Waals surface area contributed by atoms with Crippen LogP contribution in [0.15, 0.2) is 12.4 Å². The Morgan fingerprint density at radius 1 is 1.46 bits per heavy atom. The molecule has 8 heteroatoms. The van der Waals surface area contributed by atoms with Gasteiger partial charge >= 0.3 is 0 Å². The summed E-state index contributed by atoms with van der Waals surface area (Å²) in [6, 6.07) is -0.0343. The molecule has 4 heterocycles. The van der Waals surface area contributed by atoms with Gasteiger partial charge in [-0.15, -0.1) is 11.3 Å². The smallest absolute Gasteiger partial charge is 0.263 e. The molecule has 0 bridgehead atoms. The van der Waals surface area contributed by atoms with Crippen LogP contribution in [0.2, 0.25) is 0 Å². The number of rotatable bonds is 3. The van der Waals surface area contributed by atoms with E-state index in [1.165, 1.54) is 11.3 Å². The van der Waals surface area contributed by atoms with E-state index in [2.05, 4.69) is 20.4 Å². The summed E-state index contributed by atoms with van der Waals surface area (Å²) in [5.74, 6) is 0.705. The summed E-state index contributed by atoms with van der Waals surface area (Å²) >= 11 is 1.44. The van der Waals surface area contributed by atoms with Crippen LogP contribution in [0.3, 0.4) is 0 Å². The predicted molar refractivity (Wildman–Crippen MR) is 89.7 cm³/mol. The van der Waals surface area contributed by atoms with Gasteiger partial charge in [0, 0.05) is 24.3 Å². The van der Waals surface area contributed by atoms with Gasteiger partial charge in [0.15, 0.2) is 5.75 Å². The minimum absolute atomic E-state index is 0.0343. The number of thiophene rings is 1. The summed E-state index contributed by atoms with van der Waals surface area (Å²) in [5.41, 5.74) is 1.25. The third-order valence-corrected chi connectivity index (χ3v) is 6.17. The maximum Gasteiger partial charge on any atom is 0.263 e. The molecular weight excluding hydrogens is 328 g/mol. The van der Waals surface area contributed by atoms with Gasteiger partial charge in [0.1, 0.15) is 17.2 Å².